The molecule has 1 N–H and O–H groups in total. The standard InChI is InChI=1S/C30H41N5O5Si/c1-20-8-10-23(41(4,5)6)17-24(20)40-26-11-9-22(39-26)16-25(36)31-27-28(37-2)32-30(33-29(27)38-3)35-15-12-21(19-35)18-34-13-7-14-34/h8-11,17,21H,7,12-16,18-19H2,1-6H3,(H,31,36). The third-order valence-corrected chi connectivity index (χ3v) is 9.80. The number of hydrogen-bond donors (Lipinski definition) is 1. The van der Waals surface area contributed by atoms with E-state index in [-0.39, 0.29) is 24.1 Å². The zero-order valence-electron chi connectivity index (χ0n) is 25.0. The Morgan fingerprint density at radius 1 is 1.07 bits per heavy atom. The smallest absolute Gasteiger partial charge is 0.290 e. The first-order valence-corrected chi connectivity index (χ1v) is 17.8. The molecular formula is C30H41N5O5Si. The van der Waals surface area contributed by atoms with Crippen molar-refractivity contribution in [3.8, 4) is 23.5 Å². The van der Waals surface area contributed by atoms with Crippen molar-refractivity contribution in [2.75, 3.05) is 57.2 Å². The van der Waals surface area contributed by atoms with Crippen LogP contribution >= 0.6 is 0 Å². The van der Waals surface area contributed by atoms with Crippen LogP contribution in [0.15, 0.2) is 34.7 Å². The number of furan rings is 1. The van der Waals surface area contributed by atoms with Crippen molar-refractivity contribution < 1.29 is 23.4 Å². The van der Waals surface area contributed by atoms with Gasteiger partial charge in [-0.1, -0.05) is 37.0 Å². The van der Waals surface area contributed by atoms with Crippen molar-refractivity contribution in [3.63, 3.8) is 0 Å². The van der Waals surface area contributed by atoms with E-state index in [1.807, 2.05) is 6.92 Å². The molecule has 2 aliphatic heterocycles. The summed E-state index contributed by atoms with van der Waals surface area (Å²) in [4.78, 5) is 26.9. The minimum absolute atomic E-state index is 0.00431. The van der Waals surface area contributed by atoms with Crippen LogP contribution in [0.25, 0.3) is 0 Å². The van der Waals surface area contributed by atoms with Crippen molar-refractivity contribution in [2.24, 2.45) is 5.92 Å². The summed E-state index contributed by atoms with van der Waals surface area (Å²) in [6.45, 7) is 14.2. The van der Waals surface area contributed by atoms with Gasteiger partial charge in [0.15, 0.2) is 5.69 Å². The van der Waals surface area contributed by atoms with E-state index >= 15 is 0 Å². The third kappa shape index (κ3) is 6.84. The first-order valence-electron chi connectivity index (χ1n) is 14.3. The summed E-state index contributed by atoms with van der Waals surface area (Å²) in [6.07, 6.45) is 2.39. The maximum Gasteiger partial charge on any atom is 0.290 e. The van der Waals surface area contributed by atoms with Crippen LogP contribution in [0.3, 0.4) is 0 Å². The number of amides is 1. The first kappa shape index (κ1) is 28.9. The van der Waals surface area contributed by atoms with Crippen molar-refractivity contribution in [2.45, 2.75) is 45.8 Å². The molecule has 1 atom stereocenters. The van der Waals surface area contributed by atoms with E-state index in [2.05, 4.69) is 62.9 Å². The van der Waals surface area contributed by atoms with Crippen LogP contribution in [0.4, 0.5) is 11.6 Å². The van der Waals surface area contributed by atoms with E-state index in [1.165, 1.54) is 38.9 Å². The number of rotatable bonds is 11. The van der Waals surface area contributed by atoms with Gasteiger partial charge in [-0.2, -0.15) is 9.97 Å². The number of ether oxygens (including phenoxy) is 3. The lowest BCUT2D eigenvalue weighted by Crippen LogP contribution is -2.41. The topological polar surface area (TPSA) is 102 Å². The van der Waals surface area contributed by atoms with Crippen molar-refractivity contribution in [1.29, 1.82) is 0 Å². The molecule has 1 amide bonds. The summed E-state index contributed by atoms with van der Waals surface area (Å²) < 4.78 is 23.0. The maximum absolute atomic E-state index is 13.0. The fraction of sp³-hybridized carbons (Fsp3) is 0.500. The Morgan fingerprint density at radius 3 is 2.44 bits per heavy atom. The molecule has 1 unspecified atom stereocenters. The highest BCUT2D eigenvalue weighted by Crippen LogP contribution is 2.35. The van der Waals surface area contributed by atoms with Crippen LogP contribution in [0.5, 0.6) is 23.5 Å². The van der Waals surface area contributed by atoms with Gasteiger partial charge in [-0.25, -0.2) is 0 Å². The number of benzene rings is 1. The van der Waals surface area contributed by atoms with E-state index in [4.69, 9.17) is 18.6 Å². The van der Waals surface area contributed by atoms with Gasteiger partial charge < -0.3 is 33.7 Å². The van der Waals surface area contributed by atoms with Gasteiger partial charge in [0.05, 0.1) is 28.7 Å². The van der Waals surface area contributed by atoms with Crippen LogP contribution in [0.1, 0.15) is 24.2 Å². The summed E-state index contributed by atoms with van der Waals surface area (Å²) in [5, 5.41) is 4.16. The Labute approximate surface area is 243 Å². The predicted molar refractivity (Wildman–Crippen MR) is 162 cm³/mol. The van der Waals surface area contributed by atoms with E-state index in [9.17, 15) is 4.79 Å². The molecule has 0 spiro atoms. The number of nitrogens with one attached hydrogen (secondary N) is 1. The van der Waals surface area contributed by atoms with Crippen molar-refractivity contribution in [1.82, 2.24) is 14.9 Å². The number of carbonyl (C=O) groups is 1. The van der Waals surface area contributed by atoms with Gasteiger partial charge in [-0.05, 0) is 56.5 Å². The van der Waals surface area contributed by atoms with Crippen molar-refractivity contribution >= 4 is 30.8 Å². The highest BCUT2D eigenvalue weighted by Gasteiger charge is 2.30. The third-order valence-electron chi connectivity index (χ3n) is 7.75. The quantitative estimate of drug-likeness (QED) is 0.330. The SMILES string of the molecule is COc1nc(N2CCC(CN3CCC3)C2)nc(OC)c1NC(=O)Cc1ccc(Oc2cc([Si](C)(C)C)ccc2C)o1. The van der Waals surface area contributed by atoms with Gasteiger partial charge in [0.1, 0.15) is 11.5 Å². The van der Waals surface area contributed by atoms with Gasteiger partial charge in [0.2, 0.25) is 23.6 Å². The molecule has 1 aromatic carbocycles. The van der Waals surface area contributed by atoms with E-state index in [1.54, 1.807) is 12.1 Å². The second-order valence-electron chi connectivity index (χ2n) is 12.0. The number of aromatic nitrogens is 2. The normalized spacial score (nSPS) is 17.3. The molecule has 11 heteroatoms. The summed E-state index contributed by atoms with van der Waals surface area (Å²) in [6, 6.07) is 9.80. The average Bonchev–Trinajstić information content (AvgIpc) is 3.56. The zero-order chi connectivity index (χ0) is 29.1. The minimum atomic E-state index is -1.49. The fourth-order valence-electron chi connectivity index (χ4n) is 5.18. The van der Waals surface area contributed by atoms with E-state index < -0.39 is 8.07 Å². The number of likely N-dealkylation sites (tertiary alicyclic amines) is 1. The zero-order valence-corrected chi connectivity index (χ0v) is 26.0. The lowest BCUT2D eigenvalue weighted by Gasteiger charge is -2.32. The molecule has 0 saturated carbocycles. The first-order chi connectivity index (χ1) is 19.6. The molecule has 220 valence electrons. The number of aryl methyl sites for hydroxylation is 1. The predicted octanol–water partition coefficient (Wildman–Crippen LogP) is 4.45. The molecule has 10 nitrogen and oxygen atoms in total. The van der Waals surface area contributed by atoms with Gasteiger partial charge in [-0.3, -0.25) is 4.79 Å². The van der Waals surface area contributed by atoms with Crippen LogP contribution in [-0.2, 0) is 11.2 Å². The van der Waals surface area contributed by atoms with Gasteiger partial charge in [0, 0.05) is 25.7 Å². The summed E-state index contributed by atoms with van der Waals surface area (Å²) in [7, 11) is 1.55. The number of hydrogen-bond acceptors (Lipinski definition) is 9. The Morgan fingerprint density at radius 2 is 1.80 bits per heavy atom. The molecule has 2 saturated heterocycles. The number of carbonyl (C=O) groups excluding carboxylic acids is 1. The highest BCUT2D eigenvalue weighted by molar-refractivity contribution is 6.88. The minimum Gasteiger partial charge on any atom is -0.479 e. The van der Waals surface area contributed by atoms with Crippen LogP contribution in [0.2, 0.25) is 19.6 Å². The number of nitrogens with zero attached hydrogens (tertiary/aromatic N) is 4. The maximum atomic E-state index is 13.0. The van der Waals surface area contributed by atoms with E-state index in [0.717, 1.165) is 37.4 Å². The molecule has 2 fully saturated rings. The highest BCUT2D eigenvalue weighted by atomic mass is 28.3. The molecule has 0 radical (unpaired) electrons. The van der Waals surface area contributed by atoms with Gasteiger partial charge in [0.25, 0.3) is 5.95 Å². The summed E-state index contributed by atoms with van der Waals surface area (Å²) in [5.41, 5.74) is 1.31. The molecule has 0 bridgehead atoms. The molecule has 2 aliphatic rings. The Kier molecular flexibility index (Phi) is 8.55. The van der Waals surface area contributed by atoms with Crippen LogP contribution in [0, 0.1) is 12.8 Å². The lowest BCUT2D eigenvalue weighted by atomic mass is 10.1. The Balaban J connectivity index is 1.24. The molecule has 5 rings (SSSR count). The Bertz CT molecular complexity index is 1360. The molecule has 2 aromatic heterocycles. The van der Waals surface area contributed by atoms with E-state index in [0.29, 0.717) is 29.3 Å². The molecule has 3 aromatic rings. The van der Waals surface area contributed by atoms with Gasteiger partial charge in [-0.15, -0.1) is 0 Å². The number of methoxy groups -OCH3 is 2. The fourth-order valence-corrected chi connectivity index (χ4v) is 6.33. The Hall–Kier alpha value is -3.57. The molecule has 4 heterocycles. The van der Waals surface area contributed by atoms with Gasteiger partial charge >= 0.3 is 0 Å². The largest absolute Gasteiger partial charge is 0.479 e. The molecular weight excluding hydrogens is 538 g/mol. The molecule has 0 aliphatic carbocycles. The average molecular weight is 580 g/mol. The van der Waals surface area contributed by atoms with Crippen molar-refractivity contribution in [3.05, 3.63) is 41.7 Å². The second kappa shape index (κ2) is 12.1. The summed E-state index contributed by atoms with van der Waals surface area (Å²) >= 11 is 0. The second-order valence-corrected chi connectivity index (χ2v) is 17.0. The summed E-state index contributed by atoms with van der Waals surface area (Å²) in [5.74, 6) is 2.90. The monoisotopic (exact) mass is 579 g/mol. The molecule has 41 heavy (non-hydrogen) atoms. The lowest BCUT2D eigenvalue weighted by molar-refractivity contribution is -0.115. The van der Waals surface area contributed by atoms with Crippen LogP contribution < -0.4 is 29.6 Å². The van der Waals surface area contributed by atoms with Crippen LogP contribution in [-0.4, -0.2) is 75.8 Å². The number of anilines is 2.